The summed E-state index contributed by atoms with van der Waals surface area (Å²) >= 11 is 7.89. The monoisotopic (exact) mass is 400 g/mol. The van der Waals surface area contributed by atoms with E-state index in [1.807, 2.05) is 42.5 Å². The van der Waals surface area contributed by atoms with Crippen molar-refractivity contribution in [2.45, 2.75) is 6.04 Å². The fraction of sp³-hybridized carbons (Fsp3) is 0.286. The Kier molecular flexibility index (Phi) is 5.74. The molecule has 1 aliphatic rings. The first-order chi connectivity index (χ1) is 13.2. The lowest BCUT2D eigenvalue weighted by molar-refractivity contribution is 0.0162. The van der Waals surface area contributed by atoms with Crippen LogP contribution in [0.2, 0.25) is 5.02 Å². The molecule has 4 nitrogen and oxygen atoms in total. The summed E-state index contributed by atoms with van der Waals surface area (Å²) < 4.78 is 6.51. The molecular formula is C21H21ClN2O2S. The van der Waals surface area contributed by atoms with E-state index in [0.29, 0.717) is 16.4 Å². The molecule has 140 valence electrons. The van der Waals surface area contributed by atoms with E-state index in [-0.39, 0.29) is 11.9 Å². The van der Waals surface area contributed by atoms with Crippen LogP contribution in [0.25, 0.3) is 10.1 Å². The molecule has 0 spiro atoms. The van der Waals surface area contributed by atoms with Gasteiger partial charge in [-0.2, -0.15) is 0 Å². The Hall–Kier alpha value is -1.92. The summed E-state index contributed by atoms with van der Waals surface area (Å²) in [5.41, 5.74) is 1.20. The molecule has 0 radical (unpaired) electrons. The van der Waals surface area contributed by atoms with E-state index >= 15 is 0 Å². The zero-order chi connectivity index (χ0) is 18.6. The minimum absolute atomic E-state index is 0.115. The average molecular weight is 401 g/mol. The van der Waals surface area contributed by atoms with Crippen molar-refractivity contribution in [3.05, 3.63) is 70.1 Å². The van der Waals surface area contributed by atoms with Crippen LogP contribution in [0.15, 0.2) is 54.6 Å². The van der Waals surface area contributed by atoms with Gasteiger partial charge < -0.3 is 10.1 Å². The molecule has 2 aromatic carbocycles. The highest BCUT2D eigenvalue weighted by atomic mass is 35.5. The molecule has 0 saturated carbocycles. The second kappa shape index (κ2) is 8.40. The second-order valence-electron chi connectivity index (χ2n) is 6.53. The molecule has 1 N–H and O–H groups in total. The van der Waals surface area contributed by atoms with Gasteiger partial charge in [-0.25, -0.2) is 0 Å². The molecular weight excluding hydrogens is 380 g/mol. The van der Waals surface area contributed by atoms with Gasteiger partial charge in [-0.15, -0.1) is 11.3 Å². The van der Waals surface area contributed by atoms with Crippen molar-refractivity contribution in [2.24, 2.45) is 0 Å². The molecule has 1 atom stereocenters. The Balaban J connectivity index is 1.52. The number of morpholine rings is 1. The first kappa shape index (κ1) is 18.4. The summed E-state index contributed by atoms with van der Waals surface area (Å²) in [6.45, 7) is 3.70. The number of rotatable bonds is 5. The van der Waals surface area contributed by atoms with Crippen molar-refractivity contribution in [3.8, 4) is 0 Å². The molecule has 0 aliphatic carbocycles. The predicted molar refractivity (Wildman–Crippen MR) is 111 cm³/mol. The van der Waals surface area contributed by atoms with Crippen molar-refractivity contribution in [2.75, 3.05) is 32.8 Å². The maximum Gasteiger partial charge on any atom is 0.262 e. The Morgan fingerprint density at radius 1 is 1.11 bits per heavy atom. The third-order valence-electron chi connectivity index (χ3n) is 4.87. The van der Waals surface area contributed by atoms with Crippen LogP contribution in [0, 0.1) is 0 Å². The zero-order valence-corrected chi connectivity index (χ0v) is 16.4. The molecule has 0 bridgehead atoms. The van der Waals surface area contributed by atoms with Crippen LogP contribution in [0.4, 0.5) is 0 Å². The first-order valence-electron chi connectivity index (χ1n) is 9.06. The Morgan fingerprint density at radius 3 is 2.56 bits per heavy atom. The van der Waals surface area contributed by atoms with Gasteiger partial charge >= 0.3 is 0 Å². The van der Waals surface area contributed by atoms with Crippen LogP contribution in [-0.2, 0) is 4.74 Å². The van der Waals surface area contributed by atoms with E-state index in [0.717, 1.165) is 36.4 Å². The topological polar surface area (TPSA) is 41.6 Å². The van der Waals surface area contributed by atoms with E-state index in [1.54, 1.807) is 0 Å². The van der Waals surface area contributed by atoms with E-state index in [2.05, 4.69) is 22.3 Å². The fourth-order valence-corrected chi connectivity index (χ4v) is 4.89. The maximum absolute atomic E-state index is 12.8. The van der Waals surface area contributed by atoms with Crippen molar-refractivity contribution in [1.29, 1.82) is 0 Å². The third-order valence-corrected chi connectivity index (χ3v) is 6.54. The van der Waals surface area contributed by atoms with E-state index in [1.165, 1.54) is 16.9 Å². The summed E-state index contributed by atoms with van der Waals surface area (Å²) in [6, 6.07) is 18.3. The number of nitrogens with zero attached hydrogens (tertiary/aromatic N) is 1. The van der Waals surface area contributed by atoms with E-state index < -0.39 is 0 Å². The fourth-order valence-electron chi connectivity index (χ4n) is 3.45. The largest absolute Gasteiger partial charge is 0.379 e. The normalized spacial score (nSPS) is 16.3. The number of fused-ring (bicyclic) bond motifs is 1. The van der Waals surface area contributed by atoms with Crippen molar-refractivity contribution < 1.29 is 9.53 Å². The van der Waals surface area contributed by atoms with E-state index in [4.69, 9.17) is 16.3 Å². The second-order valence-corrected chi connectivity index (χ2v) is 7.96. The van der Waals surface area contributed by atoms with Crippen molar-refractivity contribution in [3.63, 3.8) is 0 Å². The SMILES string of the molecule is O=C(NC[C@@H](c1ccccc1)N1CCOCC1)c1sc2ccccc2c1Cl. The standard InChI is InChI=1S/C21H21ClN2O2S/c22-19-16-8-4-5-9-18(16)27-20(19)21(25)23-14-17(15-6-2-1-3-7-15)24-10-12-26-13-11-24/h1-9,17H,10-14H2,(H,23,25)/t17-/m0/s1. The van der Waals surface area contributed by atoms with Gasteiger partial charge in [-0.1, -0.05) is 60.1 Å². The molecule has 4 rings (SSSR count). The zero-order valence-electron chi connectivity index (χ0n) is 14.9. The number of halogens is 1. The van der Waals surface area contributed by atoms with Gasteiger partial charge in [-0.3, -0.25) is 9.69 Å². The van der Waals surface area contributed by atoms with Crippen LogP contribution in [0.3, 0.4) is 0 Å². The average Bonchev–Trinajstić information content (AvgIpc) is 3.07. The highest BCUT2D eigenvalue weighted by Gasteiger charge is 2.24. The van der Waals surface area contributed by atoms with E-state index in [9.17, 15) is 4.79 Å². The molecule has 27 heavy (non-hydrogen) atoms. The Bertz CT molecular complexity index is 922. The van der Waals surface area contributed by atoms with Gasteiger partial charge in [0.25, 0.3) is 5.91 Å². The number of hydrogen-bond donors (Lipinski definition) is 1. The molecule has 6 heteroatoms. The summed E-state index contributed by atoms with van der Waals surface area (Å²) in [5.74, 6) is -0.115. The van der Waals surface area contributed by atoms with Gasteiger partial charge in [0, 0.05) is 29.7 Å². The number of benzene rings is 2. The van der Waals surface area contributed by atoms with Crippen molar-refractivity contribution in [1.82, 2.24) is 10.2 Å². The van der Waals surface area contributed by atoms with Gasteiger partial charge in [-0.05, 0) is 11.6 Å². The third kappa shape index (κ3) is 4.01. The molecule has 1 saturated heterocycles. The highest BCUT2D eigenvalue weighted by Crippen LogP contribution is 2.35. The first-order valence-corrected chi connectivity index (χ1v) is 10.3. The summed E-state index contributed by atoms with van der Waals surface area (Å²) in [4.78, 5) is 15.8. The number of carbonyl (C=O) groups excluding carboxylic acids is 1. The van der Waals surface area contributed by atoms with Gasteiger partial charge in [0.05, 0.1) is 24.3 Å². The van der Waals surface area contributed by atoms with Crippen LogP contribution >= 0.6 is 22.9 Å². The minimum atomic E-state index is -0.115. The molecule has 3 aromatic rings. The van der Waals surface area contributed by atoms with Crippen LogP contribution in [0.5, 0.6) is 0 Å². The lowest BCUT2D eigenvalue weighted by atomic mass is 10.0. The molecule has 1 aromatic heterocycles. The smallest absolute Gasteiger partial charge is 0.262 e. The number of ether oxygens (including phenoxy) is 1. The van der Waals surface area contributed by atoms with Crippen LogP contribution < -0.4 is 5.32 Å². The number of amides is 1. The molecule has 0 unspecified atom stereocenters. The number of nitrogens with one attached hydrogen (secondary N) is 1. The molecule has 1 aliphatic heterocycles. The van der Waals surface area contributed by atoms with Crippen LogP contribution in [0.1, 0.15) is 21.3 Å². The molecule has 1 amide bonds. The quantitative estimate of drug-likeness (QED) is 0.691. The summed E-state index contributed by atoms with van der Waals surface area (Å²) in [5, 5.41) is 4.57. The number of thiophene rings is 1. The van der Waals surface area contributed by atoms with Gasteiger partial charge in [0.15, 0.2) is 0 Å². The van der Waals surface area contributed by atoms with Crippen molar-refractivity contribution >= 4 is 38.9 Å². The molecule has 1 fully saturated rings. The summed E-state index contributed by atoms with van der Waals surface area (Å²) in [7, 11) is 0. The summed E-state index contributed by atoms with van der Waals surface area (Å²) in [6.07, 6.45) is 0. The maximum atomic E-state index is 12.8. The number of hydrogen-bond acceptors (Lipinski definition) is 4. The van der Waals surface area contributed by atoms with Gasteiger partial charge in [0.2, 0.25) is 0 Å². The highest BCUT2D eigenvalue weighted by molar-refractivity contribution is 7.21. The minimum Gasteiger partial charge on any atom is -0.379 e. The lowest BCUT2D eigenvalue weighted by Crippen LogP contribution is -2.43. The predicted octanol–water partition coefficient (Wildman–Crippen LogP) is 4.36. The molecule has 2 heterocycles. The Labute approximate surface area is 167 Å². The lowest BCUT2D eigenvalue weighted by Gasteiger charge is -2.34. The Morgan fingerprint density at radius 2 is 1.81 bits per heavy atom. The van der Waals surface area contributed by atoms with Gasteiger partial charge in [0.1, 0.15) is 4.88 Å². The number of carbonyl (C=O) groups is 1. The van der Waals surface area contributed by atoms with Crippen LogP contribution in [-0.4, -0.2) is 43.7 Å².